The molecule has 1 aromatic carbocycles. The average molecular weight is 358 g/mol. The van der Waals surface area contributed by atoms with Crippen LogP contribution in [0, 0.1) is 0 Å². The topological polar surface area (TPSA) is 64.9 Å². The summed E-state index contributed by atoms with van der Waals surface area (Å²) in [6, 6.07) is 6.04. The Morgan fingerprint density at radius 2 is 2.30 bits per heavy atom. The highest BCUT2D eigenvalue weighted by molar-refractivity contribution is 9.10. The van der Waals surface area contributed by atoms with Gasteiger partial charge in [-0.1, -0.05) is 17.8 Å². The van der Waals surface area contributed by atoms with Crippen molar-refractivity contribution >= 4 is 27.7 Å². The first kappa shape index (κ1) is 15.3. The van der Waals surface area contributed by atoms with E-state index in [0.29, 0.717) is 0 Å². The summed E-state index contributed by atoms with van der Waals surface area (Å²) in [4.78, 5) is 0. The van der Waals surface area contributed by atoms with Gasteiger partial charge in [-0.2, -0.15) is 0 Å². The van der Waals surface area contributed by atoms with Gasteiger partial charge in [0.05, 0.1) is 18.1 Å². The highest BCUT2D eigenvalue weighted by atomic mass is 79.9. The normalized spacial score (nSPS) is 10.8. The SMILES string of the molecule is CNCCn1nnnc1SCc1ccc(OC)c(Br)c1. The third kappa shape index (κ3) is 3.94. The van der Waals surface area contributed by atoms with Gasteiger partial charge >= 0.3 is 0 Å². The number of thioether (sulfide) groups is 1. The lowest BCUT2D eigenvalue weighted by atomic mass is 10.2. The van der Waals surface area contributed by atoms with Gasteiger partial charge in [-0.3, -0.25) is 0 Å². The minimum Gasteiger partial charge on any atom is -0.496 e. The molecule has 0 spiro atoms. The molecule has 1 aromatic heterocycles. The summed E-state index contributed by atoms with van der Waals surface area (Å²) >= 11 is 5.10. The Hall–Kier alpha value is -1.12. The maximum Gasteiger partial charge on any atom is 0.209 e. The number of ether oxygens (including phenoxy) is 1. The zero-order chi connectivity index (χ0) is 14.4. The molecule has 6 nitrogen and oxygen atoms in total. The van der Waals surface area contributed by atoms with Crippen LogP contribution in [0.1, 0.15) is 5.56 Å². The molecule has 0 aliphatic heterocycles. The number of likely N-dealkylation sites (N-methyl/N-ethyl adjacent to an activating group) is 1. The predicted molar refractivity (Wildman–Crippen MR) is 82.0 cm³/mol. The predicted octanol–water partition coefficient (Wildman–Crippen LogP) is 1.96. The number of hydrogen-bond acceptors (Lipinski definition) is 6. The summed E-state index contributed by atoms with van der Waals surface area (Å²) in [5.74, 6) is 1.64. The molecule has 0 amide bonds. The van der Waals surface area contributed by atoms with Crippen molar-refractivity contribution in [1.29, 1.82) is 0 Å². The third-order valence-electron chi connectivity index (χ3n) is 2.66. The third-order valence-corrected chi connectivity index (χ3v) is 4.30. The first-order valence-corrected chi connectivity index (χ1v) is 7.88. The molecule has 2 rings (SSSR count). The molecule has 1 N–H and O–H groups in total. The fourth-order valence-corrected chi connectivity index (χ4v) is 3.04. The molecule has 2 aromatic rings. The Bertz CT molecular complexity index is 563. The van der Waals surface area contributed by atoms with Gasteiger partial charge in [-0.25, -0.2) is 4.68 Å². The van der Waals surface area contributed by atoms with E-state index in [2.05, 4.69) is 36.8 Å². The molecule has 108 valence electrons. The first-order chi connectivity index (χ1) is 9.74. The Labute approximate surface area is 130 Å². The largest absolute Gasteiger partial charge is 0.496 e. The summed E-state index contributed by atoms with van der Waals surface area (Å²) in [6.45, 7) is 1.60. The molecule has 0 atom stereocenters. The zero-order valence-corrected chi connectivity index (χ0v) is 13.7. The molecule has 0 aliphatic carbocycles. The van der Waals surface area contributed by atoms with Gasteiger partial charge in [0, 0.05) is 12.3 Å². The van der Waals surface area contributed by atoms with Gasteiger partial charge in [-0.15, -0.1) is 5.10 Å². The van der Waals surface area contributed by atoms with Crippen molar-refractivity contribution in [1.82, 2.24) is 25.5 Å². The quantitative estimate of drug-likeness (QED) is 0.764. The molecule has 0 fully saturated rings. The van der Waals surface area contributed by atoms with Crippen LogP contribution in [-0.2, 0) is 12.3 Å². The van der Waals surface area contributed by atoms with Gasteiger partial charge in [0.2, 0.25) is 5.16 Å². The number of methoxy groups -OCH3 is 1. The van der Waals surface area contributed by atoms with Gasteiger partial charge in [0.1, 0.15) is 5.75 Å². The van der Waals surface area contributed by atoms with E-state index < -0.39 is 0 Å². The van der Waals surface area contributed by atoms with E-state index in [9.17, 15) is 0 Å². The molecule has 1 heterocycles. The van der Waals surface area contributed by atoms with Crippen LogP contribution in [0.2, 0.25) is 0 Å². The molecule has 0 aliphatic rings. The van der Waals surface area contributed by atoms with Crippen molar-refractivity contribution in [2.75, 3.05) is 20.7 Å². The Kier molecular flexibility index (Phi) is 5.81. The van der Waals surface area contributed by atoms with E-state index in [1.165, 1.54) is 5.56 Å². The number of benzene rings is 1. The van der Waals surface area contributed by atoms with Crippen LogP contribution in [-0.4, -0.2) is 40.9 Å². The van der Waals surface area contributed by atoms with Gasteiger partial charge in [0.25, 0.3) is 0 Å². The summed E-state index contributed by atoms with van der Waals surface area (Å²) < 4.78 is 7.97. The standard InChI is InChI=1S/C12H16BrN5OS/c1-14-5-6-18-12(15-16-17-18)20-8-9-3-4-11(19-2)10(13)7-9/h3-4,7,14H,5-6,8H2,1-2H3. The second-order valence-electron chi connectivity index (χ2n) is 4.05. The Balaban J connectivity index is 1.98. The van der Waals surface area contributed by atoms with Crippen molar-refractivity contribution in [2.45, 2.75) is 17.5 Å². The van der Waals surface area contributed by atoms with Crippen LogP contribution in [0.3, 0.4) is 0 Å². The molecule has 0 unspecified atom stereocenters. The van der Waals surface area contributed by atoms with E-state index in [1.54, 1.807) is 23.6 Å². The van der Waals surface area contributed by atoms with Crippen LogP contribution < -0.4 is 10.1 Å². The van der Waals surface area contributed by atoms with Crippen molar-refractivity contribution in [2.24, 2.45) is 0 Å². The maximum absolute atomic E-state index is 5.22. The van der Waals surface area contributed by atoms with Crippen molar-refractivity contribution in [3.63, 3.8) is 0 Å². The minimum atomic E-state index is 0.762. The lowest BCUT2D eigenvalue weighted by Crippen LogP contribution is -2.16. The summed E-state index contributed by atoms with van der Waals surface area (Å²) in [7, 11) is 3.57. The molecule has 0 bridgehead atoms. The zero-order valence-electron chi connectivity index (χ0n) is 11.3. The van der Waals surface area contributed by atoms with E-state index in [0.717, 1.165) is 34.2 Å². The van der Waals surface area contributed by atoms with Crippen molar-refractivity contribution < 1.29 is 4.74 Å². The van der Waals surface area contributed by atoms with Crippen LogP contribution in [0.5, 0.6) is 5.75 Å². The monoisotopic (exact) mass is 357 g/mol. The Morgan fingerprint density at radius 3 is 3.00 bits per heavy atom. The molecule has 0 radical (unpaired) electrons. The Morgan fingerprint density at radius 1 is 1.45 bits per heavy atom. The average Bonchev–Trinajstić information content (AvgIpc) is 2.90. The van der Waals surface area contributed by atoms with Gasteiger partial charge in [0.15, 0.2) is 0 Å². The van der Waals surface area contributed by atoms with Crippen LogP contribution in [0.25, 0.3) is 0 Å². The fourth-order valence-electron chi connectivity index (χ4n) is 1.61. The summed E-state index contributed by atoms with van der Waals surface area (Å²) in [6.07, 6.45) is 0. The molecular weight excluding hydrogens is 342 g/mol. The highest BCUT2D eigenvalue weighted by Gasteiger charge is 2.08. The second-order valence-corrected chi connectivity index (χ2v) is 5.84. The number of halogens is 1. The van der Waals surface area contributed by atoms with Gasteiger partial charge < -0.3 is 10.1 Å². The number of aromatic nitrogens is 4. The molecule has 20 heavy (non-hydrogen) atoms. The number of nitrogens with zero attached hydrogens (tertiary/aromatic N) is 4. The number of nitrogens with one attached hydrogen (secondary N) is 1. The smallest absolute Gasteiger partial charge is 0.209 e. The molecule has 0 saturated carbocycles. The molecular formula is C12H16BrN5OS. The van der Waals surface area contributed by atoms with Crippen molar-refractivity contribution in [3.05, 3.63) is 28.2 Å². The van der Waals surface area contributed by atoms with Crippen LogP contribution >= 0.6 is 27.7 Å². The van der Waals surface area contributed by atoms with Crippen LogP contribution in [0.15, 0.2) is 27.8 Å². The minimum absolute atomic E-state index is 0.762. The number of rotatable bonds is 7. The van der Waals surface area contributed by atoms with Crippen LogP contribution in [0.4, 0.5) is 0 Å². The van der Waals surface area contributed by atoms with Crippen molar-refractivity contribution in [3.8, 4) is 5.75 Å². The number of hydrogen-bond donors (Lipinski definition) is 1. The fraction of sp³-hybridized carbons (Fsp3) is 0.417. The van der Waals surface area contributed by atoms with E-state index in [4.69, 9.17) is 4.74 Å². The van der Waals surface area contributed by atoms with E-state index in [1.807, 2.05) is 25.2 Å². The van der Waals surface area contributed by atoms with Gasteiger partial charge in [-0.05, 0) is 51.1 Å². The lowest BCUT2D eigenvalue weighted by Gasteiger charge is -2.06. The molecule has 0 saturated heterocycles. The number of tetrazole rings is 1. The van der Waals surface area contributed by atoms with E-state index in [-0.39, 0.29) is 0 Å². The van der Waals surface area contributed by atoms with E-state index >= 15 is 0 Å². The first-order valence-electron chi connectivity index (χ1n) is 6.10. The lowest BCUT2D eigenvalue weighted by molar-refractivity contribution is 0.412. The highest BCUT2D eigenvalue weighted by Crippen LogP contribution is 2.28. The second kappa shape index (κ2) is 7.61. The maximum atomic E-state index is 5.22. The summed E-state index contributed by atoms with van der Waals surface area (Å²) in [5.41, 5.74) is 1.19. The molecule has 8 heteroatoms. The summed E-state index contributed by atoms with van der Waals surface area (Å²) in [5, 5.41) is 15.6.